The molecule has 0 bridgehead atoms. The van der Waals surface area contributed by atoms with E-state index in [4.69, 9.17) is 16.3 Å². The predicted octanol–water partition coefficient (Wildman–Crippen LogP) is 3.89. The molecule has 1 saturated heterocycles. The van der Waals surface area contributed by atoms with Gasteiger partial charge in [-0.25, -0.2) is 4.79 Å². The van der Waals surface area contributed by atoms with Crippen LogP contribution in [0.2, 0.25) is 5.15 Å². The highest BCUT2D eigenvalue weighted by Gasteiger charge is 2.26. The van der Waals surface area contributed by atoms with Crippen molar-refractivity contribution in [2.45, 2.75) is 39.2 Å². The molecule has 1 aromatic heterocycles. The van der Waals surface area contributed by atoms with Crippen molar-refractivity contribution in [1.29, 1.82) is 0 Å². The summed E-state index contributed by atoms with van der Waals surface area (Å²) in [5.74, 6) is 6.46. The van der Waals surface area contributed by atoms with Crippen LogP contribution >= 0.6 is 27.5 Å². The lowest BCUT2D eigenvalue weighted by molar-refractivity contribution is 0.0199. The zero-order valence-electron chi connectivity index (χ0n) is 13.4. The van der Waals surface area contributed by atoms with Gasteiger partial charge in [-0.2, -0.15) is 0 Å². The number of aromatic nitrogens is 2. The first-order valence-corrected chi connectivity index (χ1v) is 8.60. The molecule has 0 aliphatic carbocycles. The van der Waals surface area contributed by atoms with Crippen LogP contribution in [0.15, 0.2) is 10.5 Å². The first kappa shape index (κ1) is 18.0. The zero-order valence-corrected chi connectivity index (χ0v) is 15.7. The van der Waals surface area contributed by atoms with Crippen molar-refractivity contribution in [1.82, 2.24) is 15.1 Å². The Morgan fingerprint density at radius 3 is 2.61 bits per heavy atom. The Kier molecular flexibility index (Phi) is 5.88. The van der Waals surface area contributed by atoms with E-state index in [-0.39, 0.29) is 12.0 Å². The molecule has 0 unspecified atom stereocenters. The second kappa shape index (κ2) is 7.50. The molecule has 0 spiro atoms. The van der Waals surface area contributed by atoms with Crippen molar-refractivity contribution in [2.24, 2.45) is 5.92 Å². The van der Waals surface area contributed by atoms with E-state index in [2.05, 4.69) is 38.0 Å². The van der Waals surface area contributed by atoms with Gasteiger partial charge in [0.2, 0.25) is 0 Å². The fraction of sp³-hybridized carbons (Fsp3) is 0.562. The number of carbonyl (C=O) groups is 1. The first-order valence-electron chi connectivity index (χ1n) is 7.43. The predicted molar refractivity (Wildman–Crippen MR) is 92.2 cm³/mol. The molecule has 0 saturated carbocycles. The van der Waals surface area contributed by atoms with Gasteiger partial charge in [-0.1, -0.05) is 17.5 Å². The molecule has 0 N–H and O–H groups in total. The number of likely N-dealkylation sites (tertiary alicyclic amines) is 1. The lowest BCUT2D eigenvalue weighted by Gasteiger charge is -2.31. The maximum atomic E-state index is 12.0. The van der Waals surface area contributed by atoms with Gasteiger partial charge >= 0.3 is 6.09 Å². The molecule has 2 rings (SSSR count). The fourth-order valence-electron chi connectivity index (χ4n) is 2.14. The van der Waals surface area contributed by atoms with Crippen LogP contribution in [0.5, 0.6) is 0 Å². The van der Waals surface area contributed by atoms with Crippen LogP contribution in [0.25, 0.3) is 0 Å². The number of carbonyl (C=O) groups excluding carboxylic acids is 1. The number of halogens is 2. The molecular formula is C16H19BrClN3O2. The zero-order chi connectivity index (χ0) is 17.0. The Morgan fingerprint density at radius 1 is 1.39 bits per heavy atom. The summed E-state index contributed by atoms with van der Waals surface area (Å²) in [6.07, 6.45) is 1.39. The van der Waals surface area contributed by atoms with Crippen molar-refractivity contribution in [3.05, 3.63) is 21.4 Å². The van der Waals surface area contributed by atoms with Gasteiger partial charge in [0.25, 0.3) is 0 Å². The van der Waals surface area contributed by atoms with E-state index in [9.17, 15) is 4.79 Å². The quantitative estimate of drug-likeness (QED) is 0.620. The van der Waals surface area contributed by atoms with Gasteiger partial charge in [0.1, 0.15) is 11.3 Å². The van der Waals surface area contributed by atoms with Crippen LogP contribution in [0, 0.1) is 17.8 Å². The molecule has 1 aliphatic rings. The van der Waals surface area contributed by atoms with Gasteiger partial charge < -0.3 is 9.64 Å². The van der Waals surface area contributed by atoms with E-state index < -0.39 is 5.60 Å². The first-order chi connectivity index (χ1) is 10.7. The van der Waals surface area contributed by atoms with Gasteiger partial charge in [-0.05, 0) is 61.5 Å². The minimum atomic E-state index is -0.465. The van der Waals surface area contributed by atoms with E-state index in [0.29, 0.717) is 23.9 Å². The van der Waals surface area contributed by atoms with E-state index in [1.165, 1.54) is 0 Å². The standard InChI is InChI=1S/C16H19BrClN3O2/c1-16(2,3)23-15(22)21-8-6-11(7-9-21)4-5-13-12(17)10-14(18)20-19-13/h10-11H,6-9H2,1-3H3. The number of amides is 1. The minimum Gasteiger partial charge on any atom is -0.444 e. The van der Waals surface area contributed by atoms with Crippen LogP contribution in [0.1, 0.15) is 39.3 Å². The molecule has 0 atom stereocenters. The topological polar surface area (TPSA) is 55.3 Å². The number of nitrogens with zero attached hydrogens (tertiary/aromatic N) is 3. The van der Waals surface area contributed by atoms with Gasteiger partial charge in [-0.15, -0.1) is 10.2 Å². The van der Waals surface area contributed by atoms with Gasteiger partial charge in [0.05, 0.1) is 4.47 Å². The van der Waals surface area contributed by atoms with Crippen LogP contribution in [0.4, 0.5) is 4.79 Å². The van der Waals surface area contributed by atoms with E-state index in [1.54, 1.807) is 11.0 Å². The van der Waals surface area contributed by atoms with Gasteiger partial charge in [-0.3, -0.25) is 0 Å². The fourth-order valence-corrected chi connectivity index (χ4v) is 2.81. The summed E-state index contributed by atoms with van der Waals surface area (Å²) in [4.78, 5) is 13.7. The number of hydrogen-bond acceptors (Lipinski definition) is 4. The molecule has 23 heavy (non-hydrogen) atoms. The SMILES string of the molecule is CC(C)(C)OC(=O)N1CCC(C#Cc2nnc(Cl)cc2Br)CC1. The van der Waals surface area contributed by atoms with Crippen LogP contribution < -0.4 is 0 Å². The summed E-state index contributed by atoms with van der Waals surface area (Å²) < 4.78 is 6.12. The number of ether oxygens (including phenoxy) is 1. The lowest BCUT2D eigenvalue weighted by atomic mass is 9.97. The summed E-state index contributed by atoms with van der Waals surface area (Å²) in [5, 5.41) is 8.07. The third-order valence-electron chi connectivity index (χ3n) is 3.26. The Balaban J connectivity index is 1.90. The summed E-state index contributed by atoms with van der Waals surface area (Å²) in [6, 6.07) is 1.67. The average molecular weight is 401 g/mol. The van der Waals surface area contributed by atoms with E-state index in [0.717, 1.165) is 17.3 Å². The highest BCUT2D eigenvalue weighted by Crippen LogP contribution is 2.20. The number of rotatable bonds is 0. The van der Waals surface area contributed by atoms with Crippen LogP contribution in [0.3, 0.4) is 0 Å². The molecule has 1 aliphatic heterocycles. The third-order valence-corrected chi connectivity index (χ3v) is 4.05. The highest BCUT2D eigenvalue weighted by atomic mass is 79.9. The van der Waals surface area contributed by atoms with Crippen molar-refractivity contribution in [3.8, 4) is 11.8 Å². The Labute approximate surface area is 149 Å². The maximum absolute atomic E-state index is 12.0. The smallest absolute Gasteiger partial charge is 0.410 e. The Hall–Kier alpha value is -1.32. The summed E-state index contributed by atoms with van der Waals surface area (Å²) in [6.45, 7) is 6.92. The largest absolute Gasteiger partial charge is 0.444 e. The van der Waals surface area contributed by atoms with Gasteiger partial charge in [0, 0.05) is 19.0 Å². The van der Waals surface area contributed by atoms with Crippen molar-refractivity contribution in [3.63, 3.8) is 0 Å². The number of piperidine rings is 1. The third kappa shape index (κ3) is 5.67. The molecule has 1 aromatic rings. The second-order valence-corrected chi connectivity index (χ2v) is 7.62. The van der Waals surface area contributed by atoms with Crippen LogP contribution in [-0.2, 0) is 4.74 Å². The normalized spacial score (nSPS) is 15.8. The van der Waals surface area contributed by atoms with Crippen LogP contribution in [-0.4, -0.2) is 39.9 Å². The molecule has 0 aromatic carbocycles. The summed E-state index contributed by atoms with van der Waals surface area (Å²) in [7, 11) is 0. The molecule has 0 radical (unpaired) electrons. The van der Waals surface area contributed by atoms with Crippen molar-refractivity contribution in [2.75, 3.05) is 13.1 Å². The Bertz CT molecular complexity index is 641. The van der Waals surface area contributed by atoms with E-state index in [1.807, 2.05) is 20.8 Å². The lowest BCUT2D eigenvalue weighted by Crippen LogP contribution is -2.41. The average Bonchev–Trinajstić information content (AvgIpc) is 2.45. The Morgan fingerprint density at radius 2 is 2.04 bits per heavy atom. The molecule has 5 nitrogen and oxygen atoms in total. The van der Waals surface area contributed by atoms with Crippen molar-refractivity contribution >= 4 is 33.6 Å². The minimum absolute atomic E-state index is 0.234. The van der Waals surface area contributed by atoms with Gasteiger partial charge in [0.15, 0.2) is 5.15 Å². The number of hydrogen-bond donors (Lipinski definition) is 0. The highest BCUT2D eigenvalue weighted by molar-refractivity contribution is 9.10. The molecule has 124 valence electrons. The second-order valence-electron chi connectivity index (χ2n) is 6.37. The molecule has 2 heterocycles. The monoisotopic (exact) mass is 399 g/mol. The van der Waals surface area contributed by atoms with E-state index >= 15 is 0 Å². The molecule has 1 amide bonds. The summed E-state index contributed by atoms with van der Waals surface area (Å²) in [5.41, 5.74) is 0.108. The molecule has 1 fully saturated rings. The molecular weight excluding hydrogens is 382 g/mol. The summed E-state index contributed by atoms with van der Waals surface area (Å²) >= 11 is 9.13. The molecule has 7 heteroatoms. The van der Waals surface area contributed by atoms with Crippen molar-refractivity contribution < 1.29 is 9.53 Å². The maximum Gasteiger partial charge on any atom is 0.410 e.